The van der Waals surface area contributed by atoms with Crippen molar-refractivity contribution in [1.29, 1.82) is 0 Å². The second-order valence-corrected chi connectivity index (χ2v) is 7.30. The Hall–Kier alpha value is -1.92. The van der Waals surface area contributed by atoms with Gasteiger partial charge in [-0.1, -0.05) is 19.1 Å². The van der Waals surface area contributed by atoms with Gasteiger partial charge in [-0.3, -0.25) is 14.2 Å². The molecule has 26 heavy (non-hydrogen) atoms. The maximum Gasteiger partial charge on any atom is 0.261 e. The lowest BCUT2D eigenvalue weighted by atomic mass is 9.81. The van der Waals surface area contributed by atoms with E-state index in [1.165, 1.54) is 4.57 Å². The Balaban J connectivity index is 0.00000243. The molecule has 142 valence electrons. The largest absolute Gasteiger partial charge is 0.355 e. The van der Waals surface area contributed by atoms with E-state index in [1.54, 1.807) is 12.4 Å². The molecule has 1 aromatic heterocycles. The minimum Gasteiger partial charge on any atom is -0.355 e. The van der Waals surface area contributed by atoms with Gasteiger partial charge in [0.25, 0.3) is 5.56 Å². The number of aromatic nitrogens is 2. The fourth-order valence-electron chi connectivity index (χ4n) is 3.33. The molecule has 0 bridgehead atoms. The average Bonchev–Trinajstić information content (AvgIpc) is 2.61. The Kier molecular flexibility index (Phi) is 6.78. The van der Waals surface area contributed by atoms with Crippen molar-refractivity contribution in [3.8, 4) is 0 Å². The van der Waals surface area contributed by atoms with Crippen LogP contribution in [-0.4, -0.2) is 35.1 Å². The van der Waals surface area contributed by atoms with E-state index in [0.29, 0.717) is 18.5 Å². The summed E-state index contributed by atoms with van der Waals surface area (Å²) in [7, 11) is 0. The number of para-hydroxylation sites is 1. The van der Waals surface area contributed by atoms with Gasteiger partial charge in [0.15, 0.2) is 0 Å². The highest BCUT2D eigenvalue weighted by molar-refractivity contribution is 5.85. The second kappa shape index (κ2) is 8.64. The van der Waals surface area contributed by atoms with Crippen molar-refractivity contribution in [3.05, 3.63) is 40.4 Å². The standard InChI is InChI=1S/C19H26N4O2.ClH/c1-14-4-3-5-15-17(14)22-13-23(18(15)25)11-6-16(24)21-12-19(2)7-9-20-10-8-19;/h3-5,13,20H,6-12H2,1-2H3,(H,21,24);1H. The number of benzene rings is 1. The van der Waals surface area contributed by atoms with E-state index in [0.717, 1.165) is 37.0 Å². The second-order valence-electron chi connectivity index (χ2n) is 7.30. The summed E-state index contributed by atoms with van der Waals surface area (Å²) in [5.41, 5.74) is 1.79. The topological polar surface area (TPSA) is 76.0 Å². The van der Waals surface area contributed by atoms with Crippen LogP contribution in [0.3, 0.4) is 0 Å². The van der Waals surface area contributed by atoms with Crippen molar-refractivity contribution in [2.75, 3.05) is 19.6 Å². The molecule has 2 aromatic rings. The van der Waals surface area contributed by atoms with Gasteiger partial charge in [-0.05, 0) is 49.9 Å². The van der Waals surface area contributed by atoms with Gasteiger partial charge in [0, 0.05) is 19.5 Å². The van der Waals surface area contributed by atoms with Gasteiger partial charge in [0.05, 0.1) is 17.2 Å². The monoisotopic (exact) mass is 378 g/mol. The number of nitrogens with zero attached hydrogens (tertiary/aromatic N) is 2. The molecule has 0 atom stereocenters. The molecule has 1 saturated heterocycles. The van der Waals surface area contributed by atoms with Crippen LogP contribution in [0.1, 0.15) is 31.7 Å². The molecular formula is C19H27ClN4O2. The molecule has 1 aliphatic rings. The number of aryl methyl sites for hydroxylation is 2. The number of fused-ring (bicyclic) bond motifs is 1. The predicted molar refractivity (Wildman–Crippen MR) is 106 cm³/mol. The van der Waals surface area contributed by atoms with Gasteiger partial charge in [-0.15, -0.1) is 12.4 Å². The molecule has 0 spiro atoms. The van der Waals surface area contributed by atoms with E-state index in [1.807, 2.05) is 19.1 Å². The highest BCUT2D eigenvalue weighted by atomic mass is 35.5. The van der Waals surface area contributed by atoms with Crippen LogP contribution in [0.2, 0.25) is 0 Å². The van der Waals surface area contributed by atoms with E-state index in [-0.39, 0.29) is 35.7 Å². The van der Waals surface area contributed by atoms with Crippen LogP contribution in [0, 0.1) is 12.3 Å². The fourth-order valence-corrected chi connectivity index (χ4v) is 3.33. The van der Waals surface area contributed by atoms with Crippen LogP contribution in [0.15, 0.2) is 29.3 Å². The zero-order chi connectivity index (χ0) is 17.9. The molecule has 3 rings (SSSR count). The normalized spacial score (nSPS) is 16.1. The first-order valence-corrected chi connectivity index (χ1v) is 8.91. The third-order valence-electron chi connectivity index (χ3n) is 5.16. The van der Waals surface area contributed by atoms with Gasteiger partial charge < -0.3 is 10.6 Å². The van der Waals surface area contributed by atoms with Crippen molar-refractivity contribution in [2.45, 2.75) is 39.7 Å². The molecule has 1 fully saturated rings. The zero-order valence-electron chi connectivity index (χ0n) is 15.4. The first-order valence-electron chi connectivity index (χ1n) is 8.91. The third-order valence-corrected chi connectivity index (χ3v) is 5.16. The number of halogens is 1. The summed E-state index contributed by atoms with van der Waals surface area (Å²) in [6.07, 6.45) is 3.97. The van der Waals surface area contributed by atoms with Crippen LogP contribution < -0.4 is 16.2 Å². The number of amides is 1. The molecular weight excluding hydrogens is 352 g/mol. The molecule has 6 nitrogen and oxygen atoms in total. The summed E-state index contributed by atoms with van der Waals surface area (Å²) < 4.78 is 1.52. The lowest BCUT2D eigenvalue weighted by molar-refractivity contribution is -0.121. The van der Waals surface area contributed by atoms with Crippen LogP contribution >= 0.6 is 12.4 Å². The molecule has 1 aliphatic heterocycles. The van der Waals surface area contributed by atoms with Gasteiger partial charge in [0.1, 0.15) is 0 Å². The Bertz CT molecular complexity index is 828. The first-order chi connectivity index (χ1) is 12.0. The van der Waals surface area contributed by atoms with Gasteiger partial charge in [-0.2, -0.15) is 0 Å². The summed E-state index contributed by atoms with van der Waals surface area (Å²) in [5, 5.41) is 6.97. The van der Waals surface area contributed by atoms with Crippen molar-refractivity contribution in [1.82, 2.24) is 20.2 Å². The van der Waals surface area contributed by atoms with E-state index in [4.69, 9.17) is 0 Å². The molecule has 1 amide bonds. The molecule has 2 heterocycles. The molecule has 0 aliphatic carbocycles. The van der Waals surface area contributed by atoms with E-state index < -0.39 is 0 Å². The number of rotatable bonds is 5. The smallest absolute Gasteiger partial charge is 0.261 e. The number of hydrogen-bond donors (Lipinski definition) is 2. The number of hydrogen-bond acceptors (Lipinski definition) is 4. The Morgan fingerprint density at radius 2 is 2.08 bits per heavy atom. The Labute approximate surface area is 159 Å². The Morgan fingerprint density at radius 3 is 2.81 bits per heavy atom. The number of piperidine rings is 1. The van der Waals surface area contributed by atoms with E-state index in [9.17, 15) is 9.59 Å². The number of carbonyl (C=O) groups is 1. The summed E-state index contributed by atoms with van der Waals surface area (Å²) >= 11 is 0. The Morgan fingerprint density at radius 1 is 1.35 bits per heavy atom. The van der Waals surface area contributed by atoms with Crippen molar-refractivity contribution >= 4 is 29.2 Å². The highest BCUT2D eigenvalue weighted by Crippen LogP contribution is 2.26. The zero-order valence-corrected chi connectivity index (χ0v) is 16.2. The van der Waals surface area contributed by atoms with Crippen LogP contribution in [0.5, 0.6) is 0 Å². The molecule has 7 heteroatoms. The van der Waals surface area contributed by atoms with E-state index >= 15 is 0 Å². The van der Waals surface area contributed by atoms with Crippen LogP contribution in [0.4, 0.5) is 0 Å². The quantitative estimate of drug-likeness (QED) is 0.834. The fraction of sp³-hybridized carbons (Fsp3) is 0.526. The lowest BCUT2D eigenvalue weighted by Crippen LogP contribution is -2.43. The molecule has 0 saturated carbocycles. The minimum atomic E-state index is -0.0909. The van der Waals surface area contributed by atoms with E-state index in [2.05, 4.69) is 22.5 Å². The van der Waals surface area contributed by atoms with Crippen molar-refractivity contribution < 1.29 is 4.79 Å². The number of carbonyl (C=O) groups excluding carboxylic acids is 1. The third kappa shape index (κ3) is 4.62. The molecule has 2 N–H and O–H groups in total. The summed E-state index contributed by atoms with van der Waals surface area (Å²) in [6.45, 7) is 7.20. The number of nitrogens with one attached hydrogen (secondary N) is 2. The SMILES string of the molecule is Cc1cccc2c(=O)n(CCC(=O)NCC3(C)CCNCC3)cnc12.Cl. The summed E-state index contributed by atoms with van der Waals surface area (Å²) in [5.74, 6) is -0.0176. The molecule has 0 radical (unpaired) electrons. The van der Waals surface area contributed by atoms with Gasteiger partial charge in [-0.25, -0.2) is 4.98 Å². The summed E-state index contributed by atoms with van der Waals surface area (Å²) in [4.78, 5) is 29.1. The molecule has 0 unspecified atom stereocenters. The first kappa shape index (κ1) is 20.4. The van der Waals surface area contributed by atoms with Crippen molar-refractivity contribution in [3.63, 3.8) is 0 Å². The maximum atomic E-state index is 12.5. The lowest BCUT2D eigenvalue weighted by Gasteiger charge is -2.34. The van der Waals surface area contributed by atoms with Crippen LogP contribution in [-0.2, 0) is 11.3 Å². The summed E-state index contributed by atoms with van der Waals surface area (Å²) in [6, 6.07) is 5.58. The minimum absolute atomic E-state index is 0. The predicted octanol–water partition coefficient (Wildman–Crippen LogP) is 2.02. The van der Waals surface area contributed by atoms with Gasteiger partial charge >= 0.3 is 0 Å². The highest BCUT2D eigenvalue weighted by Gasteiger charge is 2.26. The van der Waals surface area contributed by atoms with Gasteiger partial charge in [0.2, 0.25) is 5.91 Å². The average molecular weight is 379 g/mol. The maximum absolute atomic E-state index is 12.5. The van der Waals surface area contributed by atoms with Crippen molar-refractivity contribution in [2.24, 2.45) is 5.41 Å². The molecule has 1 aromatic carbocycles. The van der Waals surface area contributed by atoms with Crippen LogP contribution in [0.25, 0.3) is 10.9 Å².